The zero-order valence-corrected chi connectivity index (χ0v) is 17.5. The molecule has 2 aromatic rings. The van der Waals surface area contributed by atoms with Gasteiger partial charge in [0, 0.05) is 42.1 Å². The highest BCUT2D eigenvalue weighted by Crippen LogP contribution is 2.14. The zero-order valence-electron chi connectivity index (χ0n) is 17.5. The highest BCUT2D eigenvalue weighted by molar-refractivity contribution is 5.98. The minimum atomic E-state index is -0.344. The van der Waals surface area contributed by atoms with Crippen LogP contribution in [0.25, 0.3) is 0 Å². The first-order valence-electron chi connectivity index (χ1n) is 9.33. The smallest absolute Gasteiger partial charge is 0.253 e. The fraction of sp³-hybridized carbons (Fsp3) is 0.318. The van der Waals surface area contributed by atoms with Crippen molar-refractivity contribution < 1.29 is 14.4 Å². The van der Waals surface area contributed by atoms with Gasteiger partial charge in [0.25, 0.3) is 11.8 Å². The molecule has 3 amide bonds. The van der Waals surface area contributed by atoms with Gasteiger partial charge in [-0.15, -0.1) is 0 Å². The molecule has 0 unspecified atom stereocenters. The maximum absolute atomic E-state index is 12.3. The summed E-state index contributed by atoms with van der Waals surface area (Å²) in [6.45, 7) is 5.74. The Labute approximate surface area is 171 Å². The van der Waals surface area contributed by atoms with Gasteiger partial charge < -0.3 is 20.9 Å². The highest BCUT2D eigenvalue weighted by Gasteiger charge is 2.15. The Kier molecular flexibility index (Phi) is 6.98. The van der Waals surface area contributed by atoms with Crippen molar-refractivity contribution in [1.29, 1.82) is 0 Å². The van der Waals surface area contributed by atoms with E-state index in [1.807, 2.05) is 20.8 Å². The van der Waals surface area contributed by atoms with E-state index in [0.717, 1.165) is 0 Å². The molecular formula is C22H28N4O3. The highest BCUT2D eigenvalue weighted by atomic mass is 16.2. The average molecular weight is 396 g/mol. The molecule has 154 valence electrons. The van der Waals surface area contributed by atoms with Crippen molar-refractivity contribution in [2.75, 3.05) is 31.3 Å². The average Bonchev–Trinajstić information content (AvgIpc) is 2.65. The van der Waals surface area contributed by atoms with Gasteiger partial charge in [-0.05, 0) is 57.2 Å². The number of hydrogen-bond acceptors (Lipinski definition) is 4. The van der Waals surface area contributed by atoms with Crippen LogP contribution in [0.4, 0.5) is 11.4 Å². The molecular weight excluding hydrogens is 368 g/mol. The summed E-state index contributed by atoms with van der Waals surface area (Å²) in [6, 6.07) is 13.7. The molecule has 0 bridgehead atoms. The fourth-order valence-corrected chi connectivity index (χ4v) is 2.56. The quantitative estimate of drug-likeness (QED) is 0.700. The van der Waals surface area contributed by atoms with Gasteiger partial charge >= 0.3 is 0 Å². The molecule has 0 fully saturated rings. The molecule has 0 aliphatic carbocycles. The van der Waals surface area contributed by atoms with Crippen LogP contribution in [0.3, 0.4) is 0 Å². The number of carbonyl (C=O) groups is 3. The van der Waals surface area contributed by atoms with E-state index in [0.29, 0.717) is 22.5 Å². The number of amides is 3. The first-order chi connectivity index (χ1) is 13.5. The van der Waals surface area contributed by atoms with Gasteiger partial charge in [0.15, 0.2) is 0 Å². The molecule has 3 N–H and O–H groups in total. The summed E-state index contributed by atoms with van der Waals surface area (Å²) in [5.41, 5.74) is 1.88. The van der Waals surface area contributed by atoms with Crippen LogP contribution in [0.2, 0.25) is 0 Å². The second-order valence-corrected chi connectivity index (χ2v) is 7.97. The van der Waals surface area contributed by atoms with E-state index in [-0.39, 0.29) is 29.8 Å². The van der Waals surface area contributed by atoms with Crippen molar-refractivity contribution in [3.63, 3.8) is 0 Å². The molecule has 7 nitrogen and oxygen atoms in total. The standard InChI is InChI=1S/C22H28N4O3/c1-22(2,3)25-20(28)15-8-6-11-18(12-15)24-19(27)14-23-17-10-7-9-16(13-17)21(29)26(4)5/h6-13,23H,14H2,1-5H3,(H,24,27)(H,25,28). The van der Waals surface area contributed by atoms with Crippen molar-refractivity contribution in [1.82, 2.24) is 10.2 Å². The van der Waals surface area contributed by atoms with Gasteiger partial charge in [0.05, 0.1) is 6.54 Å². The summed E-state index contributed by atoms with van der Waals surface area (Å²) in [5, 5.41) is 8.66. The topological polar surface area (TPSA) is 90.5 Å². The maximum atomic E-state index is 12.3. The molecule has 0 aliphatic heterocycles. The Hall–Kier alpha value is -3.35. The van der Waals surface area contributed by atoms with Crippen LogP contribution < -0.4 is 16.0 Å². The molecule has 2 rings (SSSR count). The number of nitrogens with zero attached hydrogens (tertiary/aromatic N) is 1. The van der Waals surface area contributed by atoms with E-state index in [1.54, 1.807) is 62.6 Å². The third-order valence-electron chi connectivity index (χ3n) is 3.87. The lowest BCUT2D eigenvalue weighted by atomic mass is 10.1. The van der Waals surface area contributed by atoms with E-state index in [2.05, 4.69) is 16.0 Å². The van der Waals surface area contributed by atoms with E-state index < -0.39 is 0 Å². The van der Waals surface area contributed by atoms with Crippen molar-refractivity contribution in [3.8, 4) is 0 Å². The summed E-state index contributed by atoms with van der Waals surface area (Å²) in [6.07, 6.45) is 0. The summed E-state index contributed by atoms with van der Waals surface area (Å²) in [5.74, 6) is -0.569. The van der Waals surface area contributed by atoms with Crippen molar-refractivity contribution in [2.45, 2.75) is 26.3 Å². The largest absolute Gasteiger partial charge is 0.376 e. The SMILES string of the molecule is CN(C)C(=O)c1cccc(NCC(=O)Nc2cccc(C(=O)NC(C)(C)C)c2)c1. The zero-order chi connectivity index (χ0) is 21.6. The normalized spacial score (nSPS) is 10.8. The minimum absolute atomic E-state index is 0.0258. The Morgan fingerprint density at radius 2 is 1.48 bits per heavy atom. The molecule has 0 saturated heterocycles. The van der Waals surface area contributed by atoms with E-state index in [4.69, 9.17) is 0 Å². The second-order valence-electron chi connectivity index (χ2n) is 7.97. The molecule has 0 saturated carbocycles. The van der Waals surface area contributed by atoms with E-state index in [9.17, 15) is 14.4 Å². The Morgan fingerprint density at radius 3 is 2.10 bits per heavy atom. The number of hydrogen-bond donors (Lipinski definition) is 3. The molecule has 0 atom stereocenters. The Morgan fingerprint density at radius 1 is 0.897 bits per heavy atom. The Balaban J connectivity index is 1.96. The molecule has 0 aromatic heterocycles. The van der Waals surface area contributed by atoms with E-state index in [1.165, 1.54) is 4.90 Å². The summed E-state index contributed by atoms with van der Waals surface area (Å²) in [4.78, 5) is 38.1. The number of benzene rings is 2. The van der Waals surface area contributed by atoms with Crippen LogP contribution in [0, 0.1) is 0 Å². The second kappa shape index (κ2) is 9.23. The van der Waals surface area contributed by atoms with Crippen LogP contribution >= 0.6 is 0 Å². The Bertz CT molecular complexity index is 901. The van der Waals surface area contributed by atoms with Crippen LogP contribution in [0.1, 0.15) is 41.5 Å². The monoisotopic (exact) mass is 396 g/mol. The lowest BCUT2D eigenvalue weighted by Gasteiger charge is -2.20. The van der Waals surface area contributed by atoms with Crippen LogP contribution in [0.15, 0.2) is 48.5 Å². The molecule has 0 heterocycles. The third kappa shape index (κ3) is 6.95. The molecule has 0 radical (unpaired) electrons. The molecule has 0 aliphatic rings. The van der Waals surface area contributed by atoms with Crippen molar-refractivity contribution >= 4 is 29.1 Å². The van der Waals surface area contributed by atoms with Gasteiger partial charge in [-0.1, -0.05) is 12.1 Å². The lowest BCUT2D eigenvalue weighted by molar-refractivity contribution is -0.114. The predicted octanol–water partition coefficient (Wildman–Crippen LogP) is 2.97. The van der Waals surface area contributed by atoms with Gasteiger partial charge in [-0.25, -0.2) is 0 Å². The van der Waals surface area contributed by atoms with Gasteiger partial charge in [-0.2, -0.15) is 0 Å². The van der Waals surface area contributed by atoms with Crippen LogP contribution in [-0.4, -0.2) is 48.8 Å². The summed E-state index contributed by atoms with van der Waals surface area (Å²) < 4.78 is 0. The number of nitrogens with one attached hydrogen (secondary N) is 3. The number of rotatable bonds is 6. The number of carbonyl (C=O) groups excluding carboxylic acids is 3. The first-order valence-corrected chi connectivity index (χ1v) is 9.33. The van der Waals surface area contributed by atoms with Gasteiger partial charge in [0.1, 0.15) is 0 Å². The van der Waals surface area contributed by atoms with Gasteiger partial charge in [-0.3, -0.25) is 14.4 Å². The van der Waals surface area contributed by atoms with Crippen molar-refractivity contribution in [2.24, 2.45) is 0 Å². The van der Waals surface area contributed by atoms with Crippen LogP contribution in [-0.2, 0) is 4.79 Å². The summed E-state index contributed by atoms with van der Waals surface area (Å²) >= 11 is 0. The summed E-state index contributed by atoms with van der Waals surface area (Å²) in [7, 11) is 3.37. The molecule has 29 heavy (non-hydrogen) atoms. The molecule has 7 heteroatoms. The predicted molar refractivity (Wildman–Crippen MR) is 115 cm³/mol. The minimum Gasteiger partial charge on any atom is -0.376 e. The van der Waals surface area contributed by atoms with Crippen molar-refractivity contribution in [3.05, 3.63) is 59.7 Å². The van der Waals surface area contributed by atoms with E-state index >= 15 is 0 Å². The van der Waals surface area contributed by atoms with Crippen LogP contribution in [0.5, 0.6) is 0 Å². The lowest BCUT2D eigenvalue weighted by Crippen LogP contribution is -2.40. The first kappa shape index (κ1) is 21.9. The number of anilines is 2. The fourth-order valence-electron chi connectivity index (χ4n) is 2.56. The molecule has 0 spiro atoms. The molecule has 2 aromatic carbocycles. The third-order valence-corrected chi connectivity index (χ3v) is 3.87. The maximum Gasteiger partial charge on any atom is 0.253 e. The van der Waals surface area contributed by atoms with Gasteiger partial charge in [0.2, 0.25) is 5.91 Å².